The smallest absolute Gasteiger partial charge is 0.238 e. The molecule has 2 aromatic rings. The van der Waals surface area contributed by atoms with Crippen molar-refractivity contribution in [3.8, 4) is 23.0 Å². The van der Waals surface area contributed by atoms with Crippen LogP contribution >= 0.6 is 11.6 Å². The molecule has 1 fully saturated rings. The number of carbonyl (C=O) groups is 1. The van der Waals surface area contributed by atoms with Crippen molar-refractivity contribution in [2.24, 2.45) is 0 Å². The van der Waals surface area contributed by atoms with Gasteiger partial charge in [0.1, 0.15) is 23.0 Å². The van der Waals surface area contributed by atoms with E-state index in [-0.39, 0.29) is 18.5 Å². The van der Waals surface area contributed by atoms with Gasteiger partial charge in [0.25, 0.3) is 0 Å². The standard InChI is InChI=1S/C22H27ClN2O5/c1-27-14-7-8-15(19(10-14)28-2)18-6-5-9-25(18)13-22(26)24-17-11-16(23)20(29-3)12-21(17)30-4/h7-8,10-12,18H,5-6,9,13H2,1-4H3,(H,24,26). The zero-order chi connectivity index (χ0) is 21.7. The van der Waals surface area contributed by atoms with Gasteiger partial charge in [-0.2, -0.15) is 0 Å². The van der Waals surface area contributed by atoms with Crippen LogP contribution in [0.2, 0.25) is 5.02 Å². The van der Waals surface area contributed by atoms with Gasteiger partial charge < -0.3 is 24.3 Å². The Bertz CT molecular complexity index is 905. The molecule has 1 amide bonds. The second-order valence-electron chi connectivity index (χ2n) is 6.97. The third-order valence-corrected chi connectivity index (χ3v) is 5.55. The van der Waals surface area contributed by atoms with E-state index in [4.69, 9.17) is 30.5 Å². The van der Waals surface area contributed by atoms with E-state index < -0.39 is 0 Å². The van der Waals surface area contributed by atoms with Crippen molar-refractivity contribution in [2.75, 3.05) is 46.8 Å². The van der Waals surface area contributed by atoms with Crippen molar-refractivity contribution in [1.29, 1.82) is 0 Å². The molecule has 0 radical (unpaired) electrons. The summed E-state index contributed by atoms with van der Waals surface area (Å²) < 4.78 is 21.4. The first kappa shape index (κ1) is 22.1. The molecule has 1 saturated heterocycles. The van der Waals surface area contributed by atoms with Crippen LogP contribution < -0.4 is 24.3 Å². The lowest BCUT2D eigenvalue weighted by atomic mass is 10.0. The minimum absolute atomic E-state index is 0.0953. The molecular weight excluding hydrogens is 408 g/mol. The normalized spacial score (nSPS) is 16.2. The third kappa shape index (κ3) is 4.74. The van der Waals surface area contributed by atoms with Gasteiger partial charge in [-0.05, 0) is 31.5 Å². The van der Waals surface area contributed by atoms with Crippen LogP contribution in [-0.4, -0.2) is 52.3 Å². The predicted octanol–water partition coefficient (Wildman–Crippen LogP) is 4.15. The van der Waals surface area contributed by atoms with Crippen molar-refractivity contribution >= 4 is 23.2 Å². The fourth-order valence-electron chi connectivity index (χ4n) is 3.79. The Hall–Kier alpha value is -2.64. The quantitative estimate of drug-likeness (QED) is 0.673. The lowest BCUT2D eigenvalue weighted by Gasteiger charge is -2.26. The van der Waals surface area contributed by atoms with Crippen LogP contribution in [0.5, 0.6) is 23.0 Å². The van der Waals surface area contributed by atoms with Crippen LogP contribution in [0.4, 0.5) is 5.69 Å². The molecule has 0 aromatic heterocycles. The second-order valence-corrected chi connectivity index (χ2v) is 7.38. The van der Waals surface area contributed by atoms with E-state index in [0.717, 1.165) is 36.4 Å². The molecule has 0 bridgehead atoms. The molecule has 3 rings (SSSR count). The third-order valence-electron chi connectivity index (χ3n) is 5.26. The Morgan fingerprint density at radius 3 is 2.43 bits per heavy atom. The number of anilines is 1. The van der Waals surface area contributed by atoms with Crippen molar-refractivity contribution in [2.45, 2.75) is 18.9 Å². The van der Waals surface area contributed by atoms with Crippen LogP contribution in [0.3, 0.4) is 0 Å². The summed E-state index contributed by atoms with van der Waals surface area (Å²) in [4.78, 5) is 15.0. The molecule has 1 N–H and O–H groups in total. The van der Waals surface area contributed by atoms with E-state index in [2.05, 4.69) is 10.2 Å². The Morgan fingerprint density at radius 2 is 1.77 bits per heavy atom. The van der Waals surface area contributed by atoms with Crippen LogP contribution in [0.1, 0.15) is 24.4 Å². The van der Waals surface area contributed by atoms with E-state index in [1.807, 2.05) is 18.2 Å². The molecule has 2 aromatic carbocycles. The molecule has 1 unspecified atom stereocenters. The number of rotatable bonds is 8. The average Bonchev–Trinajstić information content (AvgIpc) is 3.21. The SMILES string of the molecule is COc1ccc(C2CCCN2CC(=O)Nc2cc(Cl)c(OC)cc2OC)c(OC)c1. The highest BCUT2D eigenvalue weighted by molar-refractivity contribution is 6.32. The molecule has 0 saturated carbocycles. The Balaban J connectivity index is 1.75. The first-order chi connectivity index (χ1) is 14.5. The van der Waals surface area contributed by atoms with Gasteiger partial charge in [-0.25, -0.2) is 0 Å². The molecule has 1 atom stereocenters. The van der Waals surface area contributed by atoms with Gasteiger partial charge in [-0.15, -0.1) is 0 Å². The summed E-state index contributed by atoms with van der Waals surface area (Å²) in [6.45, 7) is 1.07. The fraction of sp³-hybridized carbons (Fsp3) is 0.409. The van der Waals surface area contributed by atoms with E-state index in [1.165, 1.54) is 14.2 Å². The van der Waals surface area contributed by atoms with E-state index in [9.17, 15) is 4.79 Å². The number of halogens is 1. The van der Waals surface area contributed by atoms with Gasteiger partial charge in [0, 0.05) is 23.7 Å². The Kier molecular flexibility index (Phi) is 7.29. The number of likely N-dealkylation sites (tertiary alicyclic amines) is 1. The molecule has 162 valence electrons. The number of nitrogens with zero attached hydrogens (tertiary/aromatic N) is 1. The first-order valence-corrected chi connectivity index (χ1v) is 10.1. The summed E-state index contributed by atoms with van der Waals surface area (Å²) in [7, 11) is 6.33. The minimum Gasteiger partial charge on any atom is -0.497 e. The van der Waals surface area contributed by atoms with Crippen molar-refractivity contribution < 1.29 is 23.7 Å². The van der Waals surface area contributed by atoms with Crippen LogP contribution in [0.15, 0.2) is 30.3 Å². The maximum Gasteiger partial charge on any atom is 0.238 e. The van der Waals surface area contributed by atoms with Gasteiger partial charge in [0.15, 0.2) is 0 Å². The van der Waals surface area contributed by atoms with Gasteiger partial charge >= 0.3 is 0 Å². The molecule has 0 spiro atoms. The van der Waals surface area contributed by atoms with Crippen molar-refractivity contribution in [1.82, 2.24) is 4.90 Å². The zero-order valence-electron chi connectivity index (χ0n) is 17.7. The lowest BCUT2D eigenvalue weighted by Crippen LogP contribution is -2.33. The molecule has 1 aliphatic rings. The molecule has 0 aliphatic carbocycles. The molecule has 7 nitrogen and oxygen atoms in total. The highest BCUT2D eigenvalue weighted by Crippen LogP contribution is 2.39. The molecule has 30 heavy (non-hydrogen) atoms. The highest BCUT2D eigenvalue weighted by atomic mass is 35.5. The fourth-order valence-corrected chi connectivity index (χ4v) is 4.03. The second kappa shape index (κ2) is 9.91. The monoisotopic (exact) mass is 434 g/mol. The van der Waals surface area contributed by atoms with Crippen LogP contribution in [0, 0.1) is 0 Å². The van der Waals surface area contributed by atoms with Crippen molar-refractivity contribution in [3.05, 3.63) is 40.9 Å². The first-order valence-electron chi connectivity index (χ1n) is 9.68. The number of ether oxygens (including phenoxy) is 4. The summed E-state index contributed by atoms with van der Waals surface area (Å²) in [6.07, 6.45) is 1.96. The number of benzene rings is 2. The molecule has 1 aliphatic heterocycles. The summed E-state index contributed by atoms with van der Waals surface area (Å²) >= 11 is 6.21. The number of nitrogens with one attached hydrogen (secondary N) is 1. The molecular formula is C22H27ClN2O5. The van der Waals surface area contributed by atoms with E-state index in [0.29, 0.717) is 22.2 Å². The summed E-state index contributed by atoms with van der Waals surface area (Å²) in [6, 6.07) is 9.17. The Labute approximate surface area is 181 Å². The number of carbonyl (C=O) groups excluding carboxylic acids is 1. The number of hydrogen-bond acceptors (Lipinski definition) is 6. The minimum atomic E-state index is -0.145. The maximum absolute atomic E-state index is 12.8. The number of hydrogen-bond donors (Lipinski definition) is 1. The summed E-state index contributed by atoms with van der Waals surface area (Å²) in [5, 5.41) is 3.30. The van der Waals surface area contributed by atoms with Crippen LogP contribution in [-0.2, 0) is 4.79 Å². The Morgan fingerprint density at radius 1 is 1.03 bits per heavy atom. The van der Waals surface area contributed by atoms with Crippen LogP contribution in [0.25, 0.3) is 0 Å². The molecule has 1 heterocycles. The van der Waals surface area contributed by atoms with Gasteiger partial charge in [-0.3, -0.25) is 9.69 Å². The average molecular weight is 435 g/mol. The number of methoxy groups -OCH3 is 4. The highest BCUT2D eigenvalue weighted by Gasteiger charge is 2.30. The topological polar surface area (TPSA) is 69.3 Å². The predicted molar refractivity (Wildman–Crippen MR) is 116 cm³/mol. The summed E-state index contributed by atoms with van der Waals surface area (Å²) in [5.74, 6) is 2.32. The summed E-state index contributed by atoms with van der Waals surface area (Å²) in [5.41, 5.74) is 1.56. The van der Waals surface area contributed by atoms with Gasteiger partial charge in [-0.1, -0.05) is 17.7 Å². The van der Waals surface area contributed by atoms with E-state index >= 15 is 0 Å². The van der Waals surface area contributed by atoms with E-state index in [1.54, 1.807) is 26.4 Å². The van der Waals surface area contributed by atoms with Gasteiger partial charge in [0.05, 0.1) is 45.7 Å². The largest absolute Gasteiger partial charge is 0.497 e. The lowest BCUT2D eigenvalue weighted by molar-refractivity contribution is -0.117. The van der Waals surface area contributed by atoms with Gasteiger partial charge in [0.2, 0.25) is 5.91 Å². The zero-order valence-corrected chi connectivity index (χ0v) is 18.4. The van der Waals surface area contributed by atoms with Crippen molar-refractivity contribution in [3.63, 3.8) is 0 Å². The number of amides is 1. The molecule has 8 heteroatoms. The maximum atomic E-state index is 12.8.